The number of carbonyl (C=O) groups is 1. The number of amides is 1. The lowest BCUT2D eigenvalue weighted by molar-refractivity contribution is -0.118. The maximum Gasteiger partial charge on any atom is 0.266 e. The van der Waals surface area contributed by atoms with Crippen molar-refractivity contribution in [3.63, 3.8) is 0 Å². The van der Waals surface area contributed by atoms with Gasteiger partial charge in [0.1, 0.15) is 5.75 Å². The van der Waals surface area contributed by atoms with Gasteiger partial charge in [0.25, 0.3) is 11.5 Å². The summed E-state index contributed by atoms with van der Waals surface area (Å²) in [6.45, 7) is 1.69. The number of aromatic hydroxyl groups is 1. The van der Waals surface area contributed by atoms with Crippen LogP contribution in [0.3, 0.4) is 0 Å². The summed E-state index contributed by atoms with van der Waals surface area (Å²) in [6, 6.07) is 23.1. The Hall–Kier alpha value is -3.91. The molecular weight excluding hydrogens is 424 g/mol. The molecule has 1 aromatic heterocycles. The highest BCUT2D eigenvalue weighted by Gasteiger charge is 2.14. The quantitative estimate of drug-likeness (QED) is 0.204. The SMILES string of the molecule is CC(=NNC(=O)CSc1nc2ccccc2c(=O)n1-c1ccccc1)c1ccccc1O. The summed E-state index contributed by atoms with van der Waals surface area (Å²) >= 11 is 1.15. The fourth-order valence-corrected chi connectivity index (χ4v) is 3.97. The van der Waals surface area contributed by atoms with Crippen molar-refractivity contribution in [3.8, 4) is 11.4 Å². The average molecular weight is 445 g/mol. The molecule has 3 aromatic carbocycles. The second-order valence-electron chi connectivity index (χ2n) is 6.93. The molecular formula is C24H20N4O3S. The minimum Gasteiger partial charge on any atom is -0.507 e. The number of phenolic OH excluding ortho intramolecular Hbond substituents is 1. The topological polar surface area (TPSA) is 96.6 Å². The van der Waals surface area contributed by atoms with Crippen molar-refractivity contribution in [1.29, 1.82) is 0 Å². The number of hydrogen-bond acceptors (Lipinski definition) is 6. The zero-order chi connectivity index (χ0) is 22.5. The van der Waals surface area contributed by atoms with Gasteiger partial charge in [0, 0.05) is 5.56 Å². The van der Waals surface area contributed by atoms with E-state index in [2.05, 4.69) is 15.5 Å². The number of hydrazone groups is 1. The summed E-state index contributed by atoms with van der Waals surface area (Å²) in [7, 11) is 0. The molecule has 1 heterocycles. The third-order valence-electron chi connectivity index (χ3n) is 4.73. The number of benzene rings is 3. The summed E-state index contributed by atoms with van der Waals surface area (Å²) in [6.07, 6.45) is 0. The molecule has 4 aromatic rings. The van der Waals surface area contributed by atoms with Gasteiger partial charge in [-0.15, -0.1) is 0 Å². The van der Waals surface area contributed by atoms with E-state index in [1.54, 1.807) is 49.4 Å². The molecule has 2 N–H and O–H groups in total. The monoisotopic (exact) mass is 444 g/mol. The van der Waals surface area contributed by atoms with Crippen LogP contribution in [-0.2, 0) is 4.79 Å². The number of hydrogen-bond donors (Lipinski definition) is 2. The first-order valence-electron chi connectivity index (χ1n) is 9.86. The Bertz CT molecular complexity index is 1370. The van der Waals surface area contributed by atoms with Crippen LogP contribution in [-0.4, -0.2) is 32.0 Å². The van der Waals surface area contributed by atoms with E-state index in [-0.39, 0.29) is 23.0 Å². The Morgan fingerprint density at radius 2 is 1.72 bits per heavy atom. The van der Waals surface area contributed by atoms with E-state index in [0.717, 1.165) is 11.8 Å². The van der Waals surface area contributed by atoms with Gasteiger partial charge in [0.15, 0.2) is 5.16 Å². The van der Waals surface area contributed by atoms with Crippen LogP contribution >= 0.6 is 11.8 Å². The van der Waals surface area contributed by atoms with Crippen molar-refractivity contribution in [2.75, 3.05) is 5.75 Å². The van der Waals surface area contributed by atoms with Gasteiger partial charge in [-0.05, 0) is 43.3 Å². The van der Waals surface area contributed by atoms with Gasteiger partial charge in [-0.1, -0.05) is 54.2 Å². The first-order chi connectivity index (χ1) is 15.5. The zero-order valence-corrected chi connectivity index (χ0v) is 18.0. The molecule has 0 saturated heterocycles. The molecule has 4 rings (SSSR count). The van der Waals surface area contributed by atoms with Gasteiger partial charge in [0.05, 0.1) is 28.1 Å². The lowest BCUT2D eigenvalue weighted by Crippen LogP contribution is -2.24. The van der Waals surface area contributed by atoms with Crippen molar-refractivity contribution in [2.24, 2.45) is 5.10 Å². The molecule has 32 heavy (non-hydrogen) atoms. The van der Waals surface area contributed by atoms with Crippen LogP contribution in [0.25, 0.3) is 16.6 Å². The molecule has 0 unspecified atom stereocenters. The van der Waals surface area contributed by atoms with Gasteiger partial charge in [-0.3, -0.25) is 14.2 Å². The molecule has 0 aliphatic rings. The predicted molar refractivity (Wildman–Crippen MR) is 127 cm³/mol. The molecule has 0 bridgehead atoms. The number of fused-ring (bicyclic) bond motifs is 1. The number of para-hydroxylation sites is 3. The van der Waals surface area contributed by atoms with Crippen LogP contribution in [0, 0.1) is 0 Å². The number of carbonyl (C=O) groups excluding carboxylic acids is 1. The Labute approximate surface area is 188 Å². The smallest absolute Gasteiger partial charge is 0.266 e. The standard InChI is InChI=1S/C24H20N4O3S/c1-16(18-11-6-8-14-21(18)29)26-27-22(30)15-32-24-25-20-13-7-5-12-19(20)23(31)28(24)17-9-3-2-4-10-17/h2-14,29H,15H2,1H3,(H,27,30). The number of aromatic nitrogens is 2. The molecule has 8 heteroatoms. The van der Waals surface area contributed by atoms with Crippen molar-refractivity contribution >= 4 is 34.3 Å². The van der Waals surface area contributed by atoms with E-state index in [0.29, 0.717) is 33.0 Å². The number of thioether (sulfide) groups is 1. The van der Waals surface area contributed by atoms with Crippen LogP contribution in [0.5, 0.6) is 5.75 Å². The Morgan fingerprint density at radius 3 is 2.50 bits per heavy atom. The van der Waals surface area contributed by atoms with Crippen LogP contribution < -0.4 is 11.0 Å². The summed E-state index contributed by atoms with van der Waals surface area (Å²) in [4.78, 5) is 30.2. The number of nitrogens with one attached hydrogen (secondary N) is 1. The fraction of sp³-hybridized carbons (Fsp3) is 0.0833. The Morgan fingerprint density at radius 1 is 1.03 bits per heavy atom. The van der Waals surface area contributed by atoms with Crippen LogP contribution in [0.15, 0.2) is 93.9 Å². The molecule has 0 spiro atoms. The molecule has 160 valence electrons. The average Bonchev–Trinajstić information content (AvgIpc) is 2.82. The van der Waals surface area contributed by atoms with Crippen LogP contribution in [0.4, 0.5) is 0 Å². The number of phenols is 1. The van der Waals surface area contributed by atoms with Crippen molar-refractivity contribution in [1.82, 2.24) is 15.0 Å². The molecule has 0 saturated carbocycles. The predicted octanol–water partition coefficient (Wildman–Crippen LogP) is 3.72. The largest absolute Gasteiger partial charge is 0.507 e. The van der Waals surface area contributed by atoms with Gasteiger partial charge in [-0.25, -0.2) is 10.4 Å². The molecule has 7 nitrogen and oxygen atoms in total. The van der Waals surface area contributed by atoms with Crippen LogP contribution in [0.1, 0.15) is 12.5 Å². The fourth-order valence-electron chi connectivity index (χ4n) is 3.16. The molecule has 1 amide bonds. The summed E-state index contributed by atoms with van der Waals surface area (Å²) in [5.74, 6) is -0.258. The number of rotatable bonds is 6. The maximum absolute atomic E-state index is 13.2. The second kappa shape index (κ2) is 9.49. The first kappa shape index (κ1) is 21.3. The van der Waals surface area contributed by atoms with E-state index < -0.39 is 0 Å². The molecule has 0 aliphatic carbocycles. The second-order valence-corrected chi connectivity index (χ2v) is 7.87. The first-order valence-corrected chi connectivity index (χ1v) is 10.8. The van der Waals surface area contributed by atoms with Crippen LogP contribution in [0.2, 0.25) is 0 Å². The van der Waals surface area contributed by atoms with Crippen molar-refractivity contribution in [2.45, 2.75) is 12.1 Å². The molecule has 0 radical (unpaired) electrons. The van der Waals surface area contributed by atoms with Gasteiger partial charge >= 0.3 is 0 Å². The van der Waals surface area contributed by atoms with E-state index in [4.69, 9.17) is 0 Å². The van der Waals surface area contributed by atoms with E-state index in [1.165, 1.54) is 4.57 Å². The molecule has 0 atom stereocenters. The summed E-state index contributed by atoms with van der Waals surface area (Å²) < 4.78 is 1.51. The third-order valence-corrected chi connectivity index (χ3v) is 5.67. The van der Waals surface area contributed by atoms with Crippen molar-refractivity contribution < 1.29 is 9.90 Å². The van der Waals surface area contributed by atoms with Gasteiger partial charge < -0.3 is 5.11 Å². The highest BCUT2D eigenvalue weighted by Crippen LogP contribution is 2.21. The summed E-state index contributed by atoms with van der Waals surface area (Å²) in [5.41, 5.74) is 4.55. The van der Waals surface area contributed by atoms with E-state index >= 15 is 0 Å². The molecule has 0 aliphatic heterocycles. The van der Waals surface area contributed by atoms with E-state index in [9.17, 15) is 14.7 Å². The highest BCUT2D eigenvalue weighted by molar-refractivity contribution is 7.99. The Balaban J connectivity index is 1.58. The minimum atomic E-state index is -0.355. The lowest BCUT2D eigenvalue weighted by Gasteiger charge is -2.13. The minimum absolute atomic E-state index is 0.00909. The zero-order valence-electron chi connectivity index (χ0n) is 17.2. The highest BCUT2D eigenvalue weighted by atomic mass is 32.2. The Kier molecular flexibility index (Phi) is 6.32. The van der Waals surface area contributed by atoms with Gasteiger partial charge in [-0.2, -0.15) is 5.10 Å². The lowest BCUT2D eigenvalue weighted by atomic mass is 10.1. The van der Waals surface area contributed by atoms with Gasteiger partial charge in [0.2, 0.25) is 0 Å². The van der Waals surface area contributed by atoms with Crippen molar-refractivity contribution in [3.05, 3.63) is 94.8 Å². The maximum atomic E-state index is 13.2. The normalized spacial score (nSPS) is 11.5. The third kappa shape index (κ3) is 4.55. The number of nitrogens with zero attached hydrogens (tertiary/aromatic N) is 3. The summed E-state index contributed by atoms with van der Waals surface area (Å²) in [5, 5.41) is 14.9. The van der Waals surface area contributed by atoms with E-state index in [1.807, 2.05) is 36.4 Å². The molecule has 0 fully saturated rings.